The third kappa shape index (κ3) is 4.68. The first kappa shape index (κ1) is 18.9. The molecule has 1 saturated heterocycles. The molecule has 2 heterocycles. The minimum absolute atomic E-state index is 0.0378. The van der Waals surface area contributed by atoms with E-state index in [4.69, 9.17) is 4.98 Å². The van der Waals surface area contributed by atoms with Crippen molar-refractivity contribution in [3.8, 4) is 0 Å². The lowest BCUT2D eigenvalue weighted by Gasteiger charge is -2.38. The van der Waals surface area contributed by atoms with Gasteiger partial charge in [-0.1, -0.05) is 12.1 Å². The number of likely N-dealkylation sites (tertiary alicyclic amines) is 1. The van der Waals surface area contributed by atoms with Crippen molar-refractivity contribution in [1.82, 2.24) is 14.9 Å². The van der Waals surface area contributed by atoms with E-state index < -0.39 is 0 Å². The summed E-state index contributed by atoms with van der Waals surface area (Å²) < 4.78 is 0. The number of anilines is 2. The Morgan fingerprint density at radius 2 is 2.00 bits per heavy atom. The van der Waals surface area contributed by atoms with Gasteiger partial charge in [-0.15, -0.1) is 0 Å². The van der Waals surface area contributed by atoms with Crippen LogP contribution in [0, 0.1) is 0 Å². The quantitative estimate of drug-likeness (QED) is 0.833. The van der Waals surface area contributed by atoms with Crippen LogP contribution in [0.15, 0.2) is 36.5 Å². The zero-order valence-electron chi connectivity index (χ0n) is 16.8. The van der Waals surface area contributed by atoms with Crippen molar-refractivity contribution in [2.45, 2.75) is 51.1 Å². The molecule has 1 aliphatic carbocycles. The van der Waals surface area contributed by atoms with Crippen LogP contribution in [0.4, 0.5) is 11.5 Å². The smallest absolute Gasteiger partial charge is 0.221 e. The normalized spacial score (nSPS) is 20.0. The van der Waals surface area contributed by atoms with Crippen LogP contribution in [0.2, 0.25) is 0 Å². The van der Waals surface area contributed by atoms with Gasteiger partial charge in [-0.3, -0.25) is 9.69 Å². The Hall–Kier alpha value is -2.47. The van der Waals surface area contributed by atoms with E-state index in [2.05, 4.69) is 39.3 Å². The first-order valence-corrected chi connectivity index (χ1v) is 10.2. The second kappa shape index (κ2) is 8.27. The molecule has 1 saturated carbocycles. The van der Waals surface area contributed by atoms with Crippen molar-refractivity contribution in [3.05, 3.63) is 47.9 Å². The number of nitrogens with one attached hydrogen (secondary N) is 1. The van der Waals surface area contributed by atoms with Gasteiger partial charge in [-0.25, -0.2) is 9.97 Å². The zero-order chi connectivity index (χ0) is 19.5. The molecule has 1 unspecified atom stereocenters. The van der Waals surface area contributed by atoms with Crippen LogP contribution >= 0.6 is 0 Å². The summed E-state index contributed by atoms with van der Waals surface area (Å²) in [6.07, 6.45) is 6.75. The van der Waals surface area contributed by atoms with Gasteiger partial charge < -0.3 is 10.2 Å². The second-order valence-corrected chi connectivity index (χ2v) is 8.07. The fourth-order valence-corrected chi connectivity index (χ4v) is 3.93. The van der Waals surface area contributed by atoms with Gasteiger partial charge in [0.25, 0.3) is 0 Å². The first-order valence-electron chi connectivity index (χ1n) is 10.2. The van der Waals surface area contributed by atoms with Gasteiger partial charge in [0.1, 0.15) is 11.6 Å². The average molecular weight is 380 g/mol. The number of rotatable bonds is 6. The van der Waals surface area contributed by atoms with Gasteiger partial charge in [0.2, 0.25) is 5.91 Å². The van der Waals surface area contributed by atoms with Crippen molar-refractivity contribution in [2.24, 2.45) is 0 Å². The van der Waals surface area contributed by atoms with Crippen LogP contribution in [0.3, 0.4) is 0 Å². The van der Waals surface area contributed by atoms with Gasteiger partial charge in [-0.05, 0) is 56.0 Å². The minimum Gasteiger partial charge on any atom is -0.355 e. The SMILES string of the molecule is CC(=O)Nc1ccc(CN2CCCC(N(C)c3ccnc(C4CC4)n3)C2)cc1. The predicted molar refractivity (Wildman–Crippen MR) is 111 cm³/mol. The van der Waals surface area contributed by atoms with Gasteiger partial charge >= 0.3 is 0 Å². The fourth-order valence-electron chi connectivity index (χ4n) is 3.93. The summed E-state index contributed by atoms with van der Waals surface area (Å²) >= 11 is 0. The number of piperidine rings is 1. The highest BCUT2D eigenvalue weighted by Crippen LogP contribution is 2.38. The summed E-state index contributed by atoms with van der Waals surface area (Å²) in [5.74, 6) is 2.60. The number of benzene rings is 1. The number of amides is 1. The molecule has 148 valence electrons. The molecule has 1 aromatic carbocycles. The maximum atomic E-state index is 11.2. The van der Waals surface area contributed by atoms with E-state index in [-0.39, 0.29) is 5.91 Å². The molecular weight excluding hydrogens is 350 g/mol. The molecule has 0 radical (unpaired) electrons. The molecule has 28 heavy (non-hydrogen) atoms. The molecular formula is C22H29N5O. The molecule has 0 spiro atoms. The standard InChI is InChI=1S/C22H29N5O/c1-16(28)24-19-9-5-17(6-10-19)14-27-13-3-4-20(15-27)26(2)21-11-12-23-22(25-21)18-7-8-18/h5-6,9-12,18,20H,3-4,7-8,13-15H2,1-2H3,(H,24,28). The van der Waals surface area contributed by atoms with Gasteiger partial charge in [0.05, 0.1) is 0 Å². The predicted octanol–water partition coefficient (Wildman–Crippen LogP) is 3.41. The summed E-state index contributed by atoms with van der Waals surface area (Å²) in [6, 6.07) is 10.7. The molecule has 6 heteroatoms. The molecule has 6 nitrogen and oxygen atoms in total. The van der Waals surface area contributed by atoms with Crippen molar-refractivity contribution in [2.75, 3.05) is 30.4 Å². The summed E-state index contributed by atoms with van der Waals surface area (Å²) in [6.45, 7) is 4.62. The Labute approximate surface area is 167 Å². The fraction of sp³-hybridized carbons (Fsp3) is 0.500. The Balaban J connectivity index is 1.37. The van der Waals surface area contributed by atoms with E-state index >= 15 is 0 Å². The molecule has 1 N–H and O–H groups in total. The number of carbonyl (C=O) groups is 1. The van der Waals surface area contributed by atoms with Crippen LogP contribution in [-0.2, 0) is 11.3 Å². The number of hydrogen-bond acceptors (Lipinski definition) is 5. The minimum atomic E-state index is -0.0378. The molecule has 0 bridgehead atoms. The van der Waals surface area contributed by atoms with E-state index in [1.807, 2.05) is 24.4 Å². The average Bonchev–Trinajstić information content (AvgIpc) is 3.54. The van der Waals surface area contributed by atoms with E-state index in [1.54, 1.807) is 0 Å². The third-order valence-corrected chi connectivity index (χ3v) is 5.67. The maximum absolute atomic E-state index is 11.2. The maximum Gasteiger partial charge on any atom is 0.221 e. The lowest BCUT2D eigenvalue weighted by atomic mass is 10.0. The first-order chi connectivity index (χ1) is 13.6. The van der Waals surface area contributed by atoms with E-state index in [0.717, 1.165) is 37.0 Å². The second-order valence-electron chi connectivity index (χ2n) is 8.07. The monoisotopic (exact) mass is 379 g/mol. The summed E-state index contributed by atoms with van der Waals surface area (Å²) in [5, 5.41) is 2.82. The molecule has 2 fully saturated rings. The van der Waals surface area contributed by atoms with Crippen LogP contribution in [0.25, 0.3) is 0 Å². The molecule has 1 amide bonds. The Kier molecular flexibility index (Phi) is 5.57. The van der Waals surface area contributed by atoms with Crippen LogP contribution < -0.4 is 10.2 Å². The number of aromatic nitrogens is 2. The topological polar surface area (TPSA) is 61.4 Å². The van der Waals surface area contributed by atoms with Gasteiger partial charge in [0.15, 0.2) is 0 Å². The summed E-state index contributed by atoms with van der Waals surface area (Å²) in [7, 11) is 2.16. The highest BCUT2D eigenvalue weighted by Gasteiger charge is 2.28. The van der Waals surface area contributed by atoms with Crippen LogP contribution in [0.5, 0.6) is 0 Å². The summed E-state index contributed by atoms with van der Waals surface area (Å²) in [5.41, 5.74) is 2.12. The zero-order valence-corrected chi connectivity index (χ0v) is 16.8. The molecule has 2 aromatic rings. The van der Waals surface area contributed by atoms with E-state index in [9.17, 15) is 4.79 Å². The lowest BCUT2D eigenvalue weighted by Crippen LogP contribution is -2.46. The largest absolute Gasteiger partial charge is 0.355 e. The van der Waals surface area contributed by atoms with E-state index in [1.165, 1.54) is 38.2 Å². The Morgan fingerprint density at radius 3 is 2.71 bits per heavy atom. The molecule has 1 aromatic heterocycles. The molecule has 1 aliphatic heterocycles. The van der Waals surface area contributed by atoms with Gasteiger partial charge in [-0.2, -0.15) is 0 Å². The Bertz CT molecular complexity index is 818. The van der Waals surface area contributed by atoms with Crippen molar-refractivity contribution < 1.29 is 4.79 Å². The van der Waals surface area contributed by atoms with Crippen molar-refractivity contribution in [1.29, 1.82) is 0 Å². The van der Waals surface area contributed by atoms with E-state index in [0.29, 0.717) is 12.0 Å². The number of carbonyl (C=O) groups excluding carboxylic acids is 1. The van der Waals surface area contributed by atoms with Crippen molar-refractivity contribution >= 4 is 17.4 Å². The number of nitrogens with zero attached hydrogens (tertiary/aromatic N) is 4. The van der Waals surface area contributed by atoms with Crippen LogP contribution in [-0.4, -0.2) is 47.0 Å². The van der Waals surface area contributed by atoms with Crippen molar-refractivity contribution in [3.63, 3.8) is 0 Å². The molecule has 2 aliphatic rings. The number of likely N-dealkylation sites (N-methyl/N-ethyl adjacent to an activating group) is 1. The number of hydrogen-bond donors (Lipinski definition) is 1. The summed E-state index contributed by atoms with van der Waals surface area (Å²) in [4.78, 5) is 25.3. The third-order valence-electron chi connectivity index (χ3n) is 5.67. The van der Waals surface area contributed by atoms with Gasteiger partial charge in [0, 0.05) is 50.9 Å². The van der Waals surface area contributed by atoms with Crippen LogP contribution in [0.1, 0.15) is 49.9 Å². The molecule has 4 rings (SSSR count). The molecule has 1 atom stereocenters. The Morgan fingerprint density at radius 1 is 1.21 bits per heavy atom. The lowest BCUT2D eigenvalue weighted by molar-refractivity contribution is -0.114. The highest BCUT2D eigenvalue weighted by atomic mass is 16.1. The highest BCUT2D eigenvalue weighted by molar-refractivity contribution is 5.88.